The van der Waals surface area contributed by atoms with Gasteiger partial charge >= 0.3 is 0 Å². The maximum absolute atomic E-state index is 10.4. The second kappa shape index (κ2) is 19.6. The van der Waals surface area contributed by atoms with E-state index in [4.69, 9.17) is 0 Å². The molecule has 0 aromatic heterocycles. The van der Waals surface area contributed by atoms with Gasteiger partial charge in [-0.15, -0.1) is 0 Å². The van der Waals surface area contributed by atoms with Crippen molar-refractivity contribution in [1.29, 1.82) is 0 Å². The summed E-state index contributed by atoms with van der Waals surface area (Å²) in [6.07, 6.45) is 6.41. The van der Waals surface area contributed by atoms with Crippen LogP contribution in [0.1, 0.15) is 67.2 Å². The maximum atomic E-state index is 10.4. The standard InChI is InChI=1S/C6H12O.C6H10O.C2H6/c2*1-3-5-6(7)4-2;1-2/h3-5H2,1-2H3;3,5H,4H2,1-2H3;1-2H3/b;5-3-;. The third kappa shape index (κ3) is 23.2. The molecule has 16 heavy (non-hydrogen) atoms. The smallest absolute Gasteiger partial charge is 0.155 e. The van der Waals surface area contributed by atoms with Gasteiger partial charge < -0.3 is 0 Å². The lowest BCUT2D eigenvalue weighted by atomic mass is 10.2. The molecule has 0 spiro atoms. The molecular formula is C14H28O2. The second-order valence-corrected chi connectivity index (χ2v) is 2.96. The Morgan fingerprint density at radius 3 is 1.62 bits per heavy atom. The van der Waals surface area contributed by atoms with Crippen LogP contribution in [-0.2, 0) is 9.59 Å². The van der Waals surface area contributed by atoms with Crippen molar-refractivity contribution in [3.05, 3.63) is 12.2 Å². The number of allylic oxidation sites excluding steroid dienone is 2. The molecule has 0 radical (unpaired) electrons. The first kappa shape index (κ1) is 20.5. The summed E-state index contributed by atoms with van der Waals surface area (Å²) in [6.45, 7) is 11.6. The van der Waals surface area contributed by atoms with Crippen LogP contribution in [0.2, 0.25) is 0 Å². The molecule has 0 bridgehead atoms. The Balaban J connectivity index is -0.000000183. The van der Waals surface area contributed by atoms with E-state index in [1.807, 2.05) is 41.5 Å². The Morgan fingerprint density at radius 2 is 1.50 bits per heavy atom. The monoisotopic (exact) mass is 228 g/mol. The zero-order valence-corrected chi connectivity index (χ0v) is 11.8. The van der Waals surface area contributed by atoms with Crippen molar-refractivity contribution < 1.29 is 9.59 Å². The van der Waals surface area contributed by atoms with E-state index in [1.165, 1.54) is 0 Å². The Kier molecular flexibility index (Phi) is 25.1. The maximum Gasteiger partial charge on any atom is 0.155 e. The SMILES string of the molecule is C/C=C\C(=O)CC.CC.CCCC(=O)CC. The van der Waals surface area contributed by atoms with Crippen LogP contribution in [0, 0.1) is 0 Å². The second-order valence-electron chi connectivity index (χ2n) is 2.96. The molecule has 0 atom stereocenters. The van der Waals surface area contributed by atoms with Crippen molar-refractivity contribution in [3.63, 3.8) is 0 Å². The molecule has 0 saturated heterocycles. The molecule has 0 aliphatic heterocycles. The summed E-state index contributed by atoms with van der Waals surface area (Å²) in [5.74, 6) is 0.574. The van der Waals surface area contributed by atoms with Crippen LogP contribution in [0.15, 0.2) is 12.2 Å². The van der Waals surface area contributed by atoms with Crippen LogP contribution in [0.5, 0.6) is 0 Å². The molecule has 0 unspecified atom stereocenters. The summed E-state index contributed by atoms with van der Waals surface area (Å²) in [5, 5.41) is 0. The summed E-state index contributed by atoms with van der Waals surface area (Å²) >= 11 is 0. The number of carbonyl (C=O) groups is 2. The predicted molar refractivity (Wildman–Crippen MR) is 71.7 cm³/mol. The number of carbonyl (C=O) groups excluding carboxylic acids is 2. The van der Waals surface area contributed by atoms with Gasteiger partial charge in [-0.25, -0.2) is 0 Å². The van der Waals surface area contributed by atoms with Crippen LogP contribution < -0.4 is 0 Å². The van der Waals surface area contributed by atoms with Gasteiger partial charge in [-0.1, -0.05) is 40.7 Å². The van der Waals surface area contributed by atoms with E-state index >= 15 is 0 Å². The minimum Gasteiger partial charge on any atom is -0.300 e. The molecule has 0 aliphatic carbocycles. The zero-order chi connectivity index (χ0) is 13.4. The fraction of sp³-hybridized carbons (Fsp3) is 0.714. The van der Waals surface area contributed by atoms with E-state index in [9.17, 15) is 9.59 Å². The third-order valence-corrected chi connectivity index (χ3v) is 1.62. The Bertz CT molecular complexity index is 181. The van der Waals surface area contributed by atoms with Gasteiger partial charge in [-0.05, 0) is 19.4 Å². The molecule has 0 N–H and O–H groups in total. The van der Waals surface area contributed by atoms with E-state index in [0.717, 1.165) is 12.8 Å². The molecule has 2 nitrogen and oxygen atoms in total. The molecule has 0 aromatic rings. The van der Waals surface area contributed by atoms with Crippen molar-refractivity contribution in [2.45, 2.75) is 67.2 Å². The third-order valence-electron chi connectivity index (χ3n) is 1.62. The van der Waals surface area contributed by atoms with Crippen LogP contribution in [0.3, 0.4) is 0 Å². The highest BCUT2D eigenvalue weighted by molar-refractivity contribution is 5.89. The molecule has 0 rings (SSSR count). The lowest BCUT2D eigenvalue weighted by molar-refractivity contribution is -0.118. The summed E-state index contributed by atoms with van der Waals surface area (Å²) in [6, 6.07) is 0. The quantitative estimate of drug-likeness (QED) is 0.656. The Hall–Kier alpha value is -0.920. The average Bonchev–Trinajstić information content (AvgIpc) is 2.33. The number of ketones is 2. The summed E-state index contributed by atoms with van der Waals surface area (Å²) in [5.41, 5.74) is 0. The van der Waals surface area contributed by atoms with Crippen LogP contribution in [0.4, 0.5) is 0 Å². The Morgan fingerprint density at radius 1 is 1.00 bits per heavy atom. The van der Waals surface area contributed by atoms with E-state index in [-0.39, 0.29) is 5.78 Å². The van der Waals surface area contributed by atoms with E-state index in [1.54, 1.807) is 12.2 Å². The number of hydrogen-bond donors (Lipinski definition) is 0. The molecular weight excluding hydrogens is 200 g/mol. The highest BCUT2D eigenvalue weighted by Gasteiger charge is 1.91. The fourth-order valence-electron chi connectivity index (χ4n) is 0.759. The van der Waals surface area contributed by atoms with Crippen LogP contribution >= 0.6 is 0 Å². The summed E-state index contributed by atoms with van der Waals surface area (Å²) < 4.78 is 0. The van der Waals surface area contributed by atoms with Gasteiger partial charge in [-0.3, -0.25) is 9.59 Å². The normalized spacial score (nSPS) is 8.62. The van der Waals surface area contributed by atoms with Gasteiger partial charge in [0, 0.05) is 19.3 Å². The highest BCUT2D eigenvalue weighted by Crippen LogP contribution is 1.90. The van der Waals surface area contributed by atoms with Gasteiger partial charge in [-0.2, -0.15) is 0 Å². The number of hydrogen-bond acceptors (Lipinski definition) is 2. The molecule has 0 amide bonds. The fourth-order valence-corrected chi connectivity index (χ4v) is 0.759. The topological polar surface area (TPSA) is 34.1 Å². The van der Waals surface area contributed by atoms with Crippen molar-refractivity contribution in [1.82, 2.24) is 0 Å². The molecule has 0 aliphatic rings. The average molecular weight is 228 g/mol. The zero-order valence-electron chi connectivity index (χ0n) is 11.8. The molecule has 0 saturated carbocycles. The lowest BCUT2D eigenvalue weighted by Crippen LogP contribution is -1.91. The summed E-state index contributed by atoms with van der Waals surface area (Å²) in [4.78, 5) is 20.7. The molecule has 96 valence electrons. The number of Topliss-reactive ketones (excluding diaryl/α,β-unsaturated/α-hetero) is 1. The van der Waals surface area contributed by atoms with Crippen molar-refractivity contribution >= 4 is 11.6 Å². The van der Waals surface area contributed by atoms with Crippen LogP contribution in [0.25, 0.3) is 0 Å². The first-order valence-corrected chi connectivity index (χ1v) is 6.29. The molecule has 0 aromatic carbocycles. The molecule has 2 heteroatoms. The van der Waals surface area contributed by atoms with Gasteiger partial charge in [0.25, 0.3) is 0 Å². The first-order valence-electron chi connectivity index (χ1n) is 6.29. The minimum atomic E-state index is 0.197. The van der Waals surface area contributed by atoms with E-state index in [0.29, 0.717) is 18.6 Å². The van der Waals surface area contributed by atoms with Crippen LogP contribution in [-0.4, -0.2) is 11.6 Å². The van der Waals surface area contributed by atoms with E-state index in [2.05, 4.69) is 0 Å². The van der Waals surface area contributed by atoms with Crippen molar-refractivity contribution in [2.24, 2.45) is 0 Å². The van der Waals surface area contributed by atoms with Gasteiger partial charge in [0.15, 0.2) is 5.78 Å². The van der Waals surface area contributed by atoms with Gasteiger partial charge in [0.1, 0.15) is 5.78 Å². The molecule has 0 heterocycles. The lowest BCUT2D eigenvalue weighted by Gasteiger charge is -1.87. The number of rotatable bonds is 5. The Labute approximate surface area is 101 Å². The highest BCUT2D eigenvalue weighted by atomic mass is 16.1. The van der Waals surface area contributed by atoms with Gasteiger partial charge in [0.05, 0.1) is 0 Å². The predicted octanol–water partition coefficient (Wildman–Crippen LogP) is 4.33. The van der Waals surface area contributed by atoms with Crippen molar-refractivity contribution in [3.8, 4) is 0 Å². The largest absolute Gasteiger partial charge is 0.300 e. The minimum absolute atomic E-state index is 0.197. The molecule has 0 fully saturated rings. The summed E-state index contributed by atoms with van der Waals surface area (Å²) in [7, 11) is 0. The van der Waals surface area contributed by atoms with Crippen molar-refractivity contribution in [2.75, 3.05) is 0 Å². The first-order chi connectivity index (χ1) is 7.62. The van der Waals surface area contributed by atoms with E-state index < -0.39 is 0 Å². The van der Waals surface area contributed by atoms with Gasteiger partial charge in [0.2, 0.25) is 0 Å².